The van der Waals surface area contributed by atoms with Crippen LogP contribution >= 0.6 is 11.6 Å². The molecule has 1 aromatic heterocycles. The van der Waals surface area contributed by atoms with E-state index >= 15 is 0 Å². The van der Waals surface area contributed by atoms with Crippen LogP contribution in [0.25, 0.3) is 0 Å². The summed E-state index contributed by atoms with van der Waals surface area (Å²) in [5.41, 5.74) is -0.722. The largest absolute Gasteiger partial charge is 0.383 e. The molecule has 0 saturated heterocycles. The highest BCUT2D eigenvalue weighted by atomic mass is 35.5. The minimum atomic E-state index is -2.85. The van der Waals surface area contributed by atoms with Crippen LogP contribution in [0.3, 0.4) is 0 Å². The Morgan fingerprint density at radius 2 is 2.35 bits per heavy atom. The Hall–Kier alpha value is -1.27. The summed E-state index contributed by atoms with van der Waals surface area (Å²) < 4.78 is 30.1. The molecule has 0 aliphatic heterocycles. The first kappa shape index (κ1) is 13.8. The summed E-state index contributed by atoms with van der Waals surface area (Å²) in [5, 5.41) is 2.08. The minimum Gasteiger partial charge on any atom is -0.383 e. The van der Waals surface area contributed by atoms with Crippen LogP contribution in [-0.2, 0) is 4.74 Å². The van der Waals surface area contributed by atoms with Crippen LogP contribution in [0.4, 0.5) is 8.78 Å². The minimum absolute atomic E-state index is 0.170. The van der Waals surface area contributed by atoms with E-state index in [0.29, 0.717) is 6.61 Å². The lowest BCUT2D eigenvalue weighted by molar-refractivity contribution is 0.0923. The number of rotatable bonds is 5. The van der Waals surface area contributed by atoms with E-state index < -0.39 is 17.9 Å². The highest BCUT2D eigenvalue weighted by Gasteiger charge is 2.21. The molecular weight excluding hydrogens is 254 g/mol. The number of carbonyl (C=O) groups excluding carboxylic acids is 1. The van der Waals surface area contributed by atoms with Crippen LogP contribution in [0, 0.1) is 0 Å². The van der Waals surface area contributed by atoms with Gasteiger partial charge in [-0.15, -0.1) is 0 Å². The predicted octanol–water partition coefficient (Wildman–Crippen LogP) is 2.05. The Balaban J connectivity index is 2.89. The molecule has 0 unspecified atom stereocenters. The second-order valence-electron chi connectivity index (χ2n) is 3.11. The van der Waals surface area contributed by atoms with Gasteiger partial charge in [-0.25, -0.2) is 13.8 Å². The van der Waals surface area contributed by atoms with Gasteiger partial charge in [-0.05, 0) is 6.07 Å². The Labute approximate surface area is 102 Å². The van der Waals surface area contributed by atoms with Crippen molar-refractivity contribution in [2.24, 2.45) is 0 Å². The van der Waals surface area contributed by atoms with Gasteiger partial charge >= 0.3 is 0 Å². The molecule has 0 radical (unpaired) electrons. The van der Waals surface area contributed by atoms with Crippen LogP contribution < -0.4 is 5.32 Å². The first-order valence-corrected chi connectivity index (χ1v) is 5.15. The van der Waals surface area contributed by atoms with E-state index in [-0.39, 0.29) is 17.3 Å². The number of ether oxygens (including phenoxy) is 1. The summed E-state index contributed by atoms with van der Waals surface area (Å²) in [6.45, 7) is 0.534. The first-order valence-electron chi connectivity index (χ1n) is 4.77. The number of pyridine rings is 1. The number of nitrogens with one attached hydrogen (secondary N) is 1. The van der Waals surface area contributed by atoms with E-state index in [1.165, 1.54) is 19.4 Å². The molecule has 0 aliphatic carbocycles. The third-order valence-electron chi connectivity index (χ3n) is 2.00. The lowest BCUT2D eigenvalue weighted by atomic mass is 10.1. The summed E-state index contributed by atoms with van der Waals surface area (Å²) in [5.74, 6) is -0.623. The molecule has 0 bridgehead atoms. The third-order valence-corrected chi connectivity index (χ3v) is 2.30. The second kappa shape index (κ2) is 6.46. The van der Waals surface area contributed by atoms with Crippen molar-refractivity contribution in [2.45, 2.75) is 6.43 Å². The number of hydrogen-bond acceptors (Lipinski definition) is 3. The van der Waals surface area contributed by atoms with Crippen LogP contribution in [0.1, 0.15) is 22.3 Å². The zero-order chi connectivity index (χ0) is 12.8. The number of hydrogen-bond donors (Lipinski definition) is 1. The molecule has 1 N–H and O–H groups in total. The Morgan fingerprint density at radius 1 is 1.65 bits per heavy atom. The molecule has 1 rings (SSSR count). The van der Waals surface area contributed by atoms with Crippen LogP contribution in [0.15, 0.2) is 12.3 Å². The van der Waals surface area contributed by atoms with Gasteiger partial charge in [0.05, 0.1) is 17.7 Å². The van der Waals surface area contributed by atoms with E-state index in [0.717, 1.165) is 0 Å². The molecule has 0 aromatic carbocycles. The van der Waals surface area contributed by atoms with Crippen molar-refractivity contribution in [2.75, 3.05) is 20.3 Å². The first-order chi connectivity index (χ1) is 8.07. The molecule has 0 aliphatic rings. The van der Waals surface area contributed by atoms with E-state index in [9.17, 15) is 13.6 Å². The maximum absolute atomic E-state index is 12.7. The average molecular weight is 265 g/mol. The number of nitrogens with zero attached hydrogens (tertiary/aromatic N) is 1. The molecule has 1 amide bonds. The summed E-state index contributed by atoms with van der Waals surface area (Å²) in [6.07, 6.45) is -1.64. The highest BCUT2D eigenvalue weighted by molar-refractivity contribution is 6.30. The molecule has 94 valence electrons. The predicted molar refractivity (Wildman–Crippen MR) is 58.4 cm³/mol. The fourth-order valence-electron chi connectivity index (χ4n) is 1.22. The smallest absolute Gasteiger partial charge is 0.267 e. The van der Waals surface area contributed by atoms with Gasteiger partial charge in [-0.3, -0.25) is 4.79 Å². The Bertz CT molecular complexity index is 402. The van der Waals surface area contributed by atoms with Gasteiger partial charge in [0.15, 0.2) is 0 Å². The fraction of sp³-hybridized carbons (Fsp3) is 0.400. The maximum atomic E-state index is 12.7. The molecule has 0 saturated carbocycles. The third kappa shape index (κ3) is 3.61. The number of halogens is 3. The van der Waals surface area contributed by atoms with E-state index in [4.69, 9.17) is 16.3 Å². The summed E-state index contributed by atoms with van der Waals surface area (Å²) >= 11 is 5.53. The molecule has 17 heavy (non-hydrogen) atoms. The number of alkyl halides is 2. The van der Waals surface area contributed by atoms with Gasteiger partial charge in [-0.1, -0.05) is 11.6 Å². The number of methoxy groups -OCH3 is 1. The Kier molecular flexibility index (Phi) is 5.24. The van der Waals surface area contributed by atoms with Crippen molar-refractivity contribution >= 4 is 17.5 Å². The SMILES string of the molecule is COCCNC(=O)c1ccnc(Cl)c1C(F)F. The lowest BCUT2D eigenvalue weighted by Crippen LogP contribution is -2.28. The van der Waals surface area contributed by atoms with Gasteiger partial charge < -0.3 is 10.1 Å². The van der Waals surface area contributed by atoms with Gasteiger partial charge in [-0.2, -0.15) is 0 Å². The van der Waals surface area contributed by atoms with Crippen LogP contribution in [-0.4, -0.2) is 31.2 Å². The molecule has 0 atom stereocenters. The van der Waals surface area contributed by atoms with Crippen molar-refractivity contribution in [3.63, 3.8) is 0 Å². The quantitative estimate of drug-likeness (QED) is 0.654. The molecule has 0 spiro atoms. The molecular formula is C10H11ClF2N2O2. The van der Waals surface area contributed by atoms with Crippen molar-refractivity contribution in [1.29, 1.82) is 0 Å². The summed E-state index contributed by atoms with van der Waals surface area (Å²) in [7, 11) is 1.47. The summed E-state index contributed by atoms with van der Waals surface area (Å²) in [6, 6.07) is 1.20. The average Bonchev–Trinajstić information content (AvgIpc) is 2.28. The molecule has 4 nitrogen and oxygen atoms in total. The normalized spacial score (nSPS) is 10.6. The van der Waals surface area contributed by atoms with Gasteiger partial charge in [0, 0.05) is 19.9 Å². The lowest BCUT2D eigenvalue weighted by Gasteiger charge is -2.10. The molecule has 7 heteroatoms. The Morgan fingerprint density at radius 3 is 2.94 bits per heavy atom. The van der Waals surface area contributed by atoms with Gasteiger partial charge in [0.1, 0.15) is 5.15 Å². The van der Waals surface area contributed by atoms with E-state index in [2.05, 4.69) is 10.3 Å². The fourth-order valence-corrected chi connectivity index (χ4v) is 1.46. The zero-order valence-electron chi connectivity index (χ0n) is 9.04. The summed E-state index contributed by atoms with van der Waals surface area (Å²) in [4.78, 5) is 15.1. The van der Waals surface area contributed by atoms with Crippen LogP contribution in [0.2, 0.25) is 5.15 Å². The highest BCUT2D eigenvalue weighted by Crippen LogP contribution is 2.28. The van der Waals surface area contributed by atoms with Crippen LogP contribution in [0.5, 0.6) is 0 Å². The molecule has 0 fully saturated rings. The van der Waals surface area contributed by atoms with E-state index in [1.807, 2.05) is 0 Å². The van der Waals surface area contributed by atoms with E-state index in [1.54, 1.807) is 0 Å². The number of aromatic nitrogens is 1. The maximum Gasteiger partial charge on any atom is 0.267 e. The number of carbonyl (C=O) groups is 1. The topological polar surface area (TPSA) is 51.2 Å². The van der Waals surface area contributed by atoms with Crippen molar-refractivity contribution in [3.8, 4) is 0 Å². The van der Waals surface area contributed by atoms with Gasteiger partial charge in [0.25, 0.3) is 12.3 Å². The number of amides is 1. The second-order valence-corrected chi connectivity index (χ2v) is 3.47. The van der Waals surface area contributed by atoms with Crippen molar-refractivity contribution in [3.05, 3.63) is 28.5 Å². The molecule has 1 aromatic rings. The zero-order valence-corrected chi connectivity index (χ0v) is 9.80. The standard InChI is InChI=1S/C10H11ClF2N2O2/c1-17-5-4-15-10(16)6-2-3-14-8(11)7(6)9(12)13/h2-3,9H,4-5H2,1H3,(H,15,16). The molecule has 1 heterocycles. The van der Waals surface area contributed by atoms with Crippen molar-refractivity contribution in [1.82, 2.24) is 10.3 Å². The van der Waals surface area contributed by atoms with Gasteiger partial charge in [0.2, 0.25) is 0 Å². The van der Waals surface area contributed by atoms with Crippen molar-refractivity contribution < 1.29 is 18.3 Å². The monoisotopic (exact) mass is 264 g/mol.